The summed E-state index contributed by atoms with van der Waals surface area (Å²) in [5.41, 5.74) is 0.730. The molecule has 2 heterocycles. The first-order valence-electron chi connectivity index (χ1n) is 6.94. The van der Waals surface area contributed by atoms with Gasteiger partial charge in [-0.25, -0.2) is 0 Å². The fourth-order valence-corrected chi connectivity index (χ4v) is 3.69. The molecule has 5 heteroatoms. The van der Waals surface area contributed by atoms with Crippen LogP contribution >= 0.6 is 34.2 Å². The number of aliphatic hydroxyl groups excluding tert-OH is 1. The summed E-state index contributed by atoms with van der Waals surface area (Å²) in [5.74, 6) is 0.210. The Labute approximate surface area is 137 Å². The summed E-state index contributed by atoms with van der Waals surface area (Å²) >= 11 is 8.35. The lowest BCUT2D eigenvalue weighted by Crippen LogP contribution is -2.41. The molecule has 3 unspecified atom stereocenters. The third kappa shape index (κ3) is 2.99. The monoisotopic (exact) mass is 408 g/mol. The SMILES string of the molecule is OC(c1ccc(I)c(Cl)c1)C1CCOC2(CCOC2)C1. The number of aliphatic hydroxyl groups is 1. The van der Waals surface area contributed by atoms with Crippen molar-refractivity contribution in [1.29, 1.82) is 0 Å². The largest absolute Gasteiger partial charge is 0.388 e. The molecule has 1 spiro atoms. The van der Waals surface area contributed by atoms with E-state index < -0.39 is 6.10 Å². The van der Waals surface area contributed by atoms with Crippen molar-refractivity contribution in [3.63, 3.8) is 0 Å². The first kappa shape index (κ1) is 15.0. The molecule has 1 aromatic carbocycles. The van der Waals surface area contributed by atoms with E-state index in [9.17, 15) is 5.11 Å². The van der Waals surface area contributed by atoms with E-state index in [4.69, 9.17) is 21.1 Å². The predicted molar refractivity (Wildman–Crippen MR) is 86.0 cm³/mol. The molecule has 1 aromatic rings. The second kappa shape index (κ2) is 6.08. The first-order valence-corrected chi connectivity index (χ1v) is 8.40. The Kier molecular flexibility index (Phi) is 4.57. The van der Waals surface area contributed by atoms with Crippen LogP contribution in [0.5, 0.6) is 0 Å². The van der Waals surface area contributed by atoms with Gasteiger partial charge in [0.2, 0.25) is 0 Å². The molecule has 0 bridgehead atoms. The molecule has 1 N–H and O–H groups in total. The fraction of sp³-hybridized carbons (Fsp3) is 0.600. The maximum absolute atomic E-state index is 10.6. The van der Waals surface area contributed by atoms with Crippen LogP contribution in [0, 0.1) is 9.49 Å². The number of rotatable bonds is 2. The minimum Gasteiger partial charge on any atom is -0.388 e. The molecule has 2 aliphatic rings. The van der Waals surface area contributed by atoms with Crippen molar-refractivity contribution in [2.24, 2.45) is 5.92 Å². The zero-order valence-electron chi connectivity index (χ0n) is 11.1. The van der Waals surface area contributed by atoms with Crippen molar-refractivity contribution in [2.75, 3.05) is 19.8 Å². The van der Waals surface area contributed by atoms with Gasteiger partial charge in [0, 0.05) is 23.2 Å². The molecule has 2 fully saturated rings. The lowest BCUT2D eigenvalue weighted by Gasteiger charge is -2.39. The Bertz CT molecular complexity index is 488. The summed E-state index contributed by atoms with van der Waals surface area (Å²) in [4.78, 5) is 0. The van der Waals surface area contributed by atoms with Crippen LogP contribution in [0.25, 0.3) is 0 Å². The van der Waals surface area contributed by atoms with E-state index >= 15 is 0 Å². The van der Waals surface area contributed by atoms with Crippen molar-refractivity contribution in [3.8, 4) is 0 Å². The van der Waals surface area contributed by atoms with Gasteiger partial charge in [0.25, 0.3) is 0 Å². The standard InChI is InChI=1S/C15H18ClIO3/c16-12-7-10(1-2-13(12)17)14(18)11-3-5-20-15(8-11)4-6-19-9-15/h1-2,7,11,14,18H,3-6,8-9H2. The summed E-state index contributed by atoms with van der Waals surface area (Å²) < 4.78 is 12.4. The molecular formula is C15H18ClIO3. The highest BCUT2D eigenvalue weighted by Crippen LogP contribution is 2.41. The van der Waals surface area contributed by atoms with Gasteiger partial charge in [0.15, 0.2) is 0 Å². The van der Waals surface area contributed by atoms with Crippen LogP contribution in [0.1, 0.15) is 30.9 Å². The average Bonchev–Trinajstić information content (AvgIpc) is 2.89. The quantitative estimate of drug-likeness (QED) is 0.761. The smallest absolute Gasteiger partial charge is 0.0940 e. The van der Waals surface area contributed by atoms with Gasteiger partial charge in [-0.15, -0.1) is 0 Å². The number of benzene rings is 1. The molecular weight excluding hydrogens is 391 g/mol. The minimum absolute atomic E-state index is 0.170. The Morgan fingerprint density at radius 1 is 1.40 bits per heavy atom. The van der Waals surface area contributed by atoms with Crippen LogP contribution in [0.4, 0.5) is 0 Å². The Morgan fingerprint density at radius 2 is 2.25 bits per heavy atom. The molecule has 0 saturated carbocycles. The fourth-order valence-electron chi connectivity index (χ4n) is 3.17. The first-order chi connectivity index (χ1) is 9.60. The van der Waals surface area contributed by atoms with E-state index in [1.165, 1.54) is 0 Å². The second-order valence-electron chi connectivity index (χ2n) is 5.71. The van der Waals surface area contributed by atoms with Gasteiger partial charge in [-0.2, -0.15) is 0 Å². The minimum atomic E-state index is -0.481. The van der Waals surface area contributed by atoms with Crippen LogP contribution in [0.15, 0.2) is 18.2 Å². The van der Waals surface area contributed by atoms with Crippen molar-refractivity contribution >= 4 is 34.2 Å². The topological polar surface area (TPSA) is 38.7 Å². The molecule has 0 radical (unpaired) electrons. The molecule has 2 saturated heterocycles. The highest BCUT2D eigenvalue weighted by molar-refractivity contribution is 14.1. The van der Waals surface area contributed by atoms with Crippen LogP contribution in [0.2, 0.25) is 5.02 Å². The summed E-state index contributed by atoms with van der Waals surface area (Å²) in [6.07, 6.45) is 2.19. The van der Waals surface area contributed by atoms with Crippen molar-refractivity contribution in [3.05, 3.63) is 32.4 Å². The van der Waals surface area contributed by atoms with E-state index in [-0.39, 0.29) is 11.5 Å². The van der Waals surface area contributed by atoms with Crippen LogP contribution < -0.4 is 0 Å². The van der Waals surface area contributed by atoms with E-state index in [0.29, 0.717) is 18.2 Å². The Balaban J connectivity index is 1.75. The van der Waals surface area contributed by atoms with Crippen molar-refractivity contribution < 1.29 is 14.6 Å². The van der Waals surface area contributed by atoms with E-state index in [1.807, 2.05) is 18.2 Å². The van der Waals surface area contributed by atoms with Gasteiger partial charge < -0.3 is 14.6 Å². The predicted octanol–water partition coefficient (Wildman–Crippen LogP) is 3.56. The number of ether oxygens (including phenoxy) is 2. The van der Waals surface area contributed by atoms with Gasteiger partial charge in [-0.1, -0.05) is 17.7 Å². The second-order valence-corrected chi connectivity index (χ2v) is 7.27. The average molecular weight is 409 g/mol. The maximum atomic E-state index is 10.6. The Morgan fingerprint density at radius 3 is 2.95 bits per heavy atom. The Hall–Kier alpha value is 0.120. The number of halogens is 2. The van der Waals surface area contributed by atoms with Gasteiger partial charge in [0.1, 0.15) is 0 Å². The van der Waals surface area contributed by atoms with Crippen LogP contribution in [-0.4, -0.2) is 30.5 Å². The van der Waals surface area contributed by atoms with Gasteiger partial charge in [0.05, 0.1) is 23.3 Å². The third-order valence-electron chi connectivity index (χ3n) is 4.33. The zero-order valence-corrected chi connectivity index (χ0v) is 14.1. The third-order valence-corrected chi connectivity index (χ3v) is 5.90. The van der Waals surface area contributed by atoms with E-state index in [1.54, 1.807) is 0 Å². The normalized spacial score (nSPS) is 31.6. The molecule has 3 atom stereocenters. The van der Waals surface area contributed by atoms with Crippen LogP contribution in [0.3, 0.4) is 0 Å². The number of hydrogen-bond donors (Lipinski definition) is 1. The van der Waals surface area contributed by atoms with Gasteiger partial charge >= 0.3 is 0 Å². The van der Waals surface area contributed by atoms with Crippen molar-refractivity contribution in [1.82, 2.24) is 0 Å². The highest BCUT2D eigenvalue weighted by Gasteiger charge is 2.42. The lowest BCUT2D eigenvalue weighted by atomic mass is 9.80. The summed E-state index contributed by atoms with van der Waals surface area (Å²) in [5, 5.41) is 11.3. The molecule has 20 heavy (non-hydrogen) atoms. The molecule has 2 aliphatic heterocycles. The molecule has 110 valence electrons. The van der Waals surface area contributed by atoms with Gasteiger partial charge in [-0.05, 0) is 59.0 Å². The van der Waals surface area contributed by atoms with Gasteiger partial charge in [-0.3, -0.25) is 0 Å². The molecule has 0 aromatic heterocycles. The molecule has 3 nitrogen and oxygen atoms in total. The highest BCUT2D eigenvalue weighted by atomic mass is 127. The summed E-state index contributed by atoms with van der Waals surface area (Å²) in [7, 11) is 0. The van der Waals surface area contributed by atoms with Crippen molar-refractivity contribution in [2.45, 2.75) is 31.0 Å². The van der Waals surface area contributed by atoms with E-state index in [0.717, 1.165) is 35.0 Å². The van der Waals surface area contributed by atoms with Crippen LogP contribution in [-0.2, 0) is 9.47 Å². The summed E-state index contributed by atoms with van der Waals surface area (Å²) in [6.45, 7) is 2.12. The lowest BCUT2D eigenvalue weighted by molar-refractivity contribution is -0.117. The van der Waals surface area contributed by atoms with E-state index in [2.05, 4.69) is 22.6 Å². The zero-order chi connectivity index (χ0) is 14.2. The summed E-state index contributed by atoms with van der Waals surface area (Å²) in [6, 6.07) is 5.79. The molecule has 3 rings (SSSR count). The number of hydrogen-bond acceptors (Lipinski definition) is 3. The molecule has 0 amide bonds. The maximum Gasteiger partial charge on any atom is 0.0940 e. The molecule has 0 aliphatic carbocycles.